The van der Waals surface area contributed by atoms with Crippen molar-refractivity contribution in [2.24, 2.45) is 0 Å². The number of amides is 2. The van der Waals surface area contributed by atoms with Crippen molar-refractivity contribution in [2.75, 3.05) is 38.1 Å². The maximum Gasteiger partial charge on any atom is 0.253 e. The quantitative estimate of drug-likeness (QED) is 0.808. The van der Waals surface area contributed by atoms with Crippen LogP contribution in [0.5, 0.6) is 0 Å². The van der Waals surface area contributed by atoms with Crippen LogP contribution in [0.1, 0.15) is 22.3 Å². The maximum absolute atomic E-state index is 12.9. The van der Waals surface area contributed by atoms with Crippen LogP contribution in [-0.2, 0) is 4.79 Å². The van der Waals surface area contributed by atoms with Gasteiger partial charge in [-0.1, -0.05) is 18.2 Å². The van der Waals surface area contributed by atoms with Gasteiger partial charge in [-0.3, -0.25) is 14.5 Å². The van der Waals surface area contributed by atoms with Crippen LogP contribution < -0.4 is 4.90 Å². The van der Waals surface area contributed by atoms with Crippen LogP contribution >= 0.6 is 0 Å². The summed E-state index contributed by atoms with van der Waals surface area (Å²) in [5.74, 6) is 0.0501. The summed E-state index contributed by atoms with van der Waals surface area (Å²) in [5.41, 5.74) is 1.78. The van der Waals surface area contributed by atoms with E-state index in [0.29, 0.717) is 37.3 Å². The zero-order valence-electron chi connectivity index (χ0n) is 15.8. The van der Waals surface area contributed by atoms with Crippen LogP contribution in [0.25, 0.3) is 0 Å². The Kier molecular flexibility index (Phi) is 4.62. The molecule has 0 saturated carbocycles. The molecule has 2 aliphatic rings. The highest BCUT2D eigenvalue weighted by Crippen LogP contribution is 2.34. The first-order chi connectivity index (χ1) is 13.5. The fraction of sp³-hybridized carbons (Fsp3) is 0.318. The number of hydrogen-bond donors (Lipinski definition) is 0. The molecule has 6 nitrogen and oxygen atoms in total. The Morgan fingerprint density at radius 1 is 1.07 bits per heavy atom. The molecule has 0 aliphatic carbocycles. The average molecular weight is 374 g/mol. The third-order valence-electron chi connectivity index (χ3n) is 5.88. The van der Waals surface area contributed by atoms with E-state index in [0.717, 1.165) is 12.1 Å². The second-order valence-corrected chi connectivity index (χ2v) is 7.56. The van der Waals surface area contributed by atoms with E-state index in [2.05, 4.69) is 11.0 Å². The number of carbonyl (C=O) groups excluding carboxylic acids is 2. The number of hydrogen-bond acceptors (Lipinski definition) is 4. The molecule has 0 N–H and O–H groups in total. The number of piperazine rings is 1. The first kappa shape index (κ1) is 18.2. The SMILES string of the molecule is CN1CC(=O)N(c2ccccc2)CC12CCN(C(=O)c1ccc(C#N)cc1)C2. The standard InChI is InChI=1S/C22H22N4O2/c1-24-14-20(27)26(19-5-3-2-4-6-19)16-22(24)11-12-25(15-22)21(28)18-9-7-17(13-23)8-10-18/h2-10H,11-12,14-16H2,1H3. The minimum Gasteiger partial charge on any atom is -0.337 e. The van der Waals surface area contributed by atoms with Crippen LogP contribution in [0.2, 0.25) is 0 Å². The summed E-state index contributed by atoms with van der Waals surface area (Å²) in [6.07, 6.45) is 0.822. The van der Waals surface area contributed by atoms with Crippen molar-refractivity contribution in [3.63, 3.8) is 0 Å². The topological polar surface area (TPSA) is 67.7 Å². The van der Waals surface area contributed by atoms with E-state index in [1.165, 1.54) is 0 Å². The molecule has 2 aliphatic heterocycles. The van der Waals surface area contributed by atoms with Gasteiger partial charge in [0.15, 0.2) is 0 Å². The zero-order chi connectivity index (χ0) is 19.7. The van der Waals surface area contributed by atoms with Gasteiger partial charge in [0.05, 0.1) is 23.7 Å². The number of para-hydroxylation sites is 1. The average Bonchev–Trinajstić information content (AvgIpc) is 3.16. The molecular formula is C22H22N4O2. The number of rotatable bonds is 2. The first-order valence-electron chi connectivity index (χ1n) is 9.38. The Balaban J connectivity index is 1.54. The van der Waals surface area contributed by atoms with Gasteiger partial charge in [-0.05, 0) is 49.9 Å². The Labute approximate surface area is 164 Å². The van der Waals surface area contributed by atoms with E-state index in [1.807, 2.05) is 47.2 Å². The highest BCUT2D eigenvalue weighted by atomic mass is 16.2. The smallest absolute Gasteiger partial charge is 0.253 e. The lowest BCUT2D eigenvalue weighted by molar-refractivity contribution is -0.123. The summed E-state index contributed by atoms with van der Waals surface area (Å²) in [7, 11) is 1.97. The van der Waals surface area contributed by atoms with Crippen molar-refractivity contribution in [3.05, 3.63) is 65.7 Å². The lowest BCUT2D eigenvalue weighted by atomic mass is 9.92. The molecule has 2 fully saturated rings. The largest absolute Gasteiger partial charge is 0.337 e. The maximum atomic E-state index is 12.9. The highest BCUT2D eigenvalue weighted by molar-refractivity contribution is 5.97. The van der Waals surface area contributed by atoms with Gasteiger partial charge < -0.3 is 9.80 Å². The lowest BCUT2D eigenvalue weighted by Gasteiger charge is -2.46. The van der Waals surface area contributed by atoms with E-state index in [1.54, 1.807) is 24.3 Å². The molecule has 4 rings (SSSR count). The van der Waals surface area contributed by atoms with E-state index in [4.69, 9.17) is 5.26 Å². The second kappa shape index (κ2) is 7.10. The molecule has 1 unspecified atom stereocenters. The van der Waals surface area contributed by atoms with Crippen molar-refractivity contribution in [1.82, 2.24) is 9.80 Å². The normalized spacial score (nSPS) is 22.5. The van der Waals surface area contributed by atoms with Gasteiger partial charge in [0.1, 0.15) is 0 Å². The summed E-state index contributed by atoms with van der Waals surface area (Å²) < 4.78 is 0. The molecule has 0 aromatic heterocycles. The zero-order valence-corrected chi connectivity index (χ0v) is 15.8. The molecule has 142 valence electrons. The van der Waals surface area contributed by atoms with Crippen LogP contribution in [-0.4, -0.2) is 60.4 Å². The number of benzene rings is 2. The Hall–Kier alpha value is -3.17. The Morgan fingerprint density at radius 2 is 1.79 bits per heavy atom. The number of likely N-dealkylation sites (tertiary alicyclic amines) is 1. The number of nitriles is 1. The van der Waals surface area contributed by atoms with E-state index >= 15 is 0 Å². The van der Waals surface area contributed by atoms with Crippen molar-refractivity contribution in [3.8, 4) is 6.07 Å². The molecule has 2 aromatic carbocycles. The molecule has 0 radical (unpaired) electrons. The number of anilines is 1. The molecule has 6 heteroatoms. The predicted molar refractivity (Wildman–Crippen MR) is 106 cm³/mol. The molecule has 0 bridgehead atoms. The fourth-order valence-corrected chi connectivity index (χ4v) is 4.14. The van der Waals surface area contributed by atoms with Crippen LogP contribution in [0.4, 0.5) is 5.69 Å². The van der Waals surface area contributed by atoms with E-state index in [-0.39, 0.29) is 17.4 Å². The number of carbonyl (C=O) groups is 2. The van der Waals surface area contributed by atoms with Gasteiger partial charge >= 0.3 is 0 Å². The molecule has 2 saturated heterocycles. The second-order valence-electron chi connectivity index (χ2n) is 7.56. The predicted octanol–water partition coefficient (Wildman–Crippen LogP) is 2.12. The van der Waals surface area contributed by atoms with Gasteiger partial charge in [-0.15, -0.1) is 0 Å². The molecule has 28 heavy (non-hydrogen) atoms. The minimum atomic E-state index is -0.244. The molecule has 1 atom stereocenters. The molecule has 2 heterocycles. The third-order valence-corrected chi connectivity index (χ3v) is 5.88. The van der Waals surface area contributed by atoms with Crippen molar-refractivity contribution < 1.29 is 9.59 Å². The summed E-state index contributed by atoms with van der Waals surface area (Å²) >= 11 is 0. The van der Waals surface area contributed by atoms with Gasteiger partial charge in [0.25, 0.3) is 5.91 Å². The molecule has 2 aromatic rings. The Morgan fingerprint density at radius 3 is 2.46 bits per heavy atom. The van der Waals surface area contributed by atoms with Gasteiger partial charge in [0, 0.05) is 30.9 Å². The first-order valence-corrected chi connectivity index (χ1v) is 9.38. The summed E-state index contributed by atoms with van der Waals surface area (Å²) in [5, 5.41) is 8.93. The summed E-state index contributed by atoms with van der Waals surface area (Å²) in [6.45, 7) is 2.15. The minimum absolute atomic E-state index is 0.0297. The summed E-state index contributed by atoms with van der Waals surface area (Å²) in [4.78, 5) is 31.4. The molecule has 1 spiro atoms. The van der Waals surface area contributed by atoms with Crippen LogP contribution in [0, 0.1) is 11.3 Å². The highest BCUT2D eigenvalue weighted by Gasteiger charge is 2.48. The summed E-state index contributed by atoms with van der Waals surface area (Å²) in [6, 6.07) is 18.5. The monoisotopic (exact) mass is 374 g/mol. The van der Waals surface area contributed by atoms with Crippen LogP contribution in [0.3, 0.4) is 0 Å². The van der Waals surface area contributed by atoms with Crippen molar-refractivity contribution in [2.45, 2.75) is 12.0 Å². The fourth-order valence-electron chi connectivity index (χ4n) is 4.14. The van der Waals surface area contributed by atoms with E-state index < -0.39 is 0 Å². The number of likely N-dealkylation sites (N-methyl/N-ethyl adjacent to an activating group) is 1. The lowest BCUT2D eigenvalue weighted by Crippen LogP contribution is -2.64. The third kappa shape index (κ3) is 3.14. The molecular weight excluding hydrogens is 352 g/mol. The van der Waals surface area contributed by atoms with Gasteiger partial charge in [-0.25, -0.2) is 0 Å². The Bertz CT molecular complexity index is 935. The van der Waals surface area contributed by atoms with Gasteiger partial charge in [0.2, 0.25) is 5.91 Å². The van der Waals surface area contributed by atoms with Crippen molar-refractivity contribution in [1.29, 1.82) is 5.26 Å². The van der Waals surface area contributed by atoms with E-state index in [9.17, 15) is 9.59 Å². The molecule has 2 amide bonds. The van der Waals surface area contributed by atoms with Crippen molar-refractivity contribution >= 4 is 17.5 Å². The number of nitrogens with zero attached hydrogens (tertiary/aromatic N) is 4. The van der Waals surface area contributed by atoms with Crippen LogP contribution in [0.15, 0.2) is 54.6 Å². The van der Waals surface area contributed by atoms with Gasteiger partial charge in [-0.2, -0.15) is 5.26 Å².